The molecule has 1 aromatic rings. The van der Waals surface area contributed by atoms with Crippen LogP contribution in [0.25, 0.3) is 0 Å². The number of carbonyl (C=O) groups excluding carboxylic acids is 1. The fourth-order valence-electron chi connectivity index (χ4n) is 2.65. The molecule has 0 unspecified atom stereocenters. The lowest BCUT2D eigenvalue weighted by Gasteiger charge is -2.35. The molecule has 2 rings (SSSR count). The summed E-state index contributed by atoms with van der Waals surface area (Å²) in [4.78, 5) is 12.6. The number of hydrogen-bond donors (Lipinski definition) is 0. The molecule has 0 saturated carbocycles. The molecule has 0 bridgehead atoms. The Hall–Kier alpha value is -1.19. The Morgan fingerprint density at radius 2 is 2.11 bits per heavy atom. The molecule has 1 saturated heterocycles. The van der Waals surface area contributed by atoms with E-state index < -0.39 is 5.60 Å². The van der Waals surface area contributed by atoms with Crippen molar-refractivity contribution >= 4 is 5.78 Å². The van der Waals surface area contributed by atoms with Crippen LogP contribution in [-0.4, -0.2) is 31.2 Å². The summed E-state index contributed by atoms with van der Waals surface area (Å²) in [6.07, 6.45) is 1.79. The lowest BCUT2D eigenvalue weighted by molar-refractivity contribution is -0.156. The first-order valence-electron chi connectivity index (χ1n) is 6.97. The Bertz CT molecular complexity index is 428. The van der Waals surface area contributed by atoms with E-state index in [1.807, 2.05) is 32.0 Å². The largest absolute Gasteiger partial charge is 0.381 e. The lowest BCUT2D eigenvalue weighted by Crippen LogP contribution is -2.47. The lowest BCUT2D eigenvalue weighted by atomic mass is 9.86. The minimum Gasteiger partial charge on any atom is -0.381 e. The molecule has 0 N–H and O–H groups in total. The van der Waals surface area contributed by atoms with Crippen LogP contribution in [0.3, 0.4) is 0 Å². The van der Waals surface area contributed by atoms with Crippen molar-refractivity contribution in [1.82, 2.24) is 0 Å². The number of Topliss-reactive ketones (excluding diaryl/α,β-unsaturated/α-hetero) is 1. The Kier molecular flexibility index (Phi) is 4.72. The van der Waals surface area contributed by atoms with Crippen molar-refractivity contribution in [3.05, 3.63) is 35.4 Å². The maximum Gasteiger partial charge on any atom is 0.169 e. The zero-order valence-electron chi connectivity index (χ0n) is 11.8. The molecule has 104 valence electrons. The quantitative estimate of drug-likeness (QED) is 0.818. The van der Waals surface area contributed by atoms with Gasteiger partial charge in [-0.25, -0.2) is 0 Å². The van der Waals surface area contributed by atoms with E-state index >= 15 is 0 Å². The first-order chi connectivity index (χ1) is 9.16. The standard InChI is InChI=1S/C16H22O3/c1-3-19-16(7-9-18-10-8-16)15(17)12-14-6-4-5-13(2)11-14/h4-6,11H,3,7-10,12H2,1-2H3. The smallest absolute Gasteiger partial charge is 0.169 e. The second kappa shape index (κ2) is 6.31. The number of ketones is 1. The van der Waals surface area contributed by atoms with Crippen LogP contribution in [0, 0.1) is 6.92 Å². The van der Waals surface area contributed by atoms with Crippen molar-refractivity contribution < 1.29 is 14.3 Å². The van der Waals surface area contributed by atoms with Crippen LogP contribution in [0.15, 0.2) is 24.3 Å². The van der Waals surface area contributed by atoms with Gasteiger partial charge in [-0.2, -0.15) is 0 Å². The first kappa shape index (κ1) is 14.2. The molecule has 1 fully saturated rings. The maximum atomic E-state index is 12.6. The van der Waals surface area contributed by atoms with Crippen molar-refractivity contribution in [2.75, 3.05) is 19.8 Å². The van der Waals surface area contributed by atoms with Gasteiger partial charge in [0.1, 0.15) is 5.60 Å². The Labute approximate surface area is 114 Å². The highest BCUT2D eigenvalue weighted by molar-refractivity contribution is 5.89. The summed E-state index contributed by atoms with van der Waals surface area (Å²) in [6.45, 7) is 5.77. The van der Waals surface area contributed by atoms with E-state index in [0.717, 1.165) is 5.56 Å². The molecule has 1 heterocycles. The average Bonchev–Trinajstić information content (AvgIpc) is 2.40. The van der Waals surface area contributed by atoms with Crippen LogP contribution in [0.1, 0.15) is 30.9 Å². The number of carbonyl (C=O) groups is 1. The summed E-state index contributed by atoms with van der Waals surface area (Å²) < 4.78 is 11.2. The second-order valence-electron chi connectivity index (χ2n) is 5.13. The molecule has 0 atom stereocenters. The van der Waals surface area contributed by atoms with E-state index in [-0.39, 0.29) is 5.78 Å². The monoisotopic (exact) mass is 262 g/mol. The van der Waals surface area contributed by atoms with E-state index in [9.17, 15) is 4.79 Å². The van der Waals surface area contributed by atoms with Crippen LogP contribution >= 0.6 is 0 Å². The van der Waals surface area contributed by atoms with Gasteiger partial charge >= 0.3 is 0 Å². The molecule has 0 aromatic heterocycles. The summed E-state index contributed by atoms with van der Waals surface area (Å²) in [5, 5.41) is 0. The molecular formula is C16H22O3. The highest BCUT2D eigenvalue weighted by Gasteiger charge is 2.40. The average molecular weight is 262 g/mol. The number of aryl methyl sites for hydroxylation is 1. The van der Waals surface area contributed by atoms with Crippen molar-refractivity contribution in [3.8, 4) is 0 Å². The fraction of sp³-hybridized carbons (Fsp3) is 0.562. The van der Waals surface area contributed by atoms with Gasteiger partial charge in [0.2, 0.25) is 0 Å². The topological polar surface area (TPSA) is 35.5 Å². The maximum absolute atomic E-state index is 12.6. The molecule has 3 nitrogen and oxygen atoms in total. The predicted octanol–water partition coefficient (Wildman–Crippen LogP) is 2.69. The predicted molar refractivity (Wildman–Crippen MR) is 74.3 cm³/mol. The van der Waals surface area contributed by atoms with Crippen molar-refractivity contribution in [2.24, 2.45) is 0 Å². The van der Waals surface area contributed by atoms with Crippen LogP contribution in [-0.2, 0) is 20.7 Å². The van der Waals surface area contributed by atoms with Crippen LogP contribution in [0.4, 0.5) is 0 Å². The van der Waals surface area contributed by atoms with E-state index in [2.05, 4.69) is 6.07 Å². The van der Waals surface area contributed by atoms with Crippen molar-refractivity contribution in [3.63, 3.8) is 0 Å². The van der Waals surface area contributed by atoms with Crippen LogP contribution < -0.4 is 0 Å². The van der Waals surface area contributed by atoms with Gasteiger partial charge in [0.05, 0.1) is 0 Å². The minimum atomic E-state index is -0.628. The summed E-state index contributed by atoms with van der Waals surface area (Å²) in [5.74, 6) is 0.184. The minimum absolute atomic E-state index is 0.184. The van der Waals surface area contributed by atoms with E-state index in [1.165, 1.54) is 5.56 Å². The van der Waals surface area contributed by atoms with Gasteiger partial charge in [0.25, 0.3) is 0 Å². The number of benzene rings is 1. The molecule has 1 aromatic carbocycles. The highest BCUT2D eigenvalue weighted by atomic mass is 16.5. The van der Waals surface area contributed by atoms with Gasteiger partial charge in [-0.3, -0.25) is 4.79 Å². The third-order valence-corrected chi connectivity index (χ3v) is 3.68. The third kappa shape index (κ3) is 3.43. The van der Waals surface area contributed by atoms with Gasteiger partial charge in [-0.1, -0.05) is 29.8 Å². The zero-order chi connectivity index (χ0) is 13.7. The molecule has 0 amide bonds. The molecule has 19 heavy (non-hydrogen) atoms. The molecule has 3 heteroatoms. The number of ether oxygens (including phenoxy) is 2. The van der Waals surface area contributed by atoms with E-state index in [4.69, 9.17) is 9.47 Å². The Morgan fingerprint density at radius 3 is 2.74 bits per heavy atom. The van der Waals surface area contributed by atoms with Gasteiger partial charge in [0.15, 0.2) is 5.78 Å². The van der Waals surface area contributed by atoms with Crippen molar-refractivity contribution in [2.45, 2.75) is 38.7 Å². The van der Waals surface area contributed by atoms with E-state index in [1.54, 1.807) is 0 Å². The molecular weight excluding hydrogens is 240 g/mol. The van der Waals surface area contributed by atoms with Gasteiger partial charge in [-0.15, -0.1) is 0 Å². The van der Waals surface area contributed by atoms with Crippen LogP contribution in [0.2, 0.25) is 0 Å². The Balaban J connectivity index is 2.11. The SMILES string of the molecule is CCOC1(C(=O)Cc2cccc(C)c2)CCOCC1. The van der Waals surface area contributed by atoms with Gasteiger partial charge in [-0.05, 0) is 19.4 Å². The molecule has 0 aliphatic carbocycles. The second-order valence-corrected chi connectivity index (χ2v) is 5.13. The molecule has 1 aliphatic rings. The highest BCUT2D eigenvalue weighted by Crippen LogP contribution is 2.28. The normalized spacial score (nSPS) is 18.2. The fourth-order valence-corrected chi connectivity index (χ4v) is 2.65. The van der Waals surface area contributed by atoms with Gasteiger partial charge in [0, 0.05) is 39.1 Å². The zero-order valence-corrected chi connectivity index (χ0v) is 11.8. The number of rotatable bonds is 5. The summed E-state index contributed by atoms with van der Waals surface area (Å²) >= 11 is 0. The number of hydrogen-bond acceptors (Lipinski definition) is 3. The summed E-state index contributed by atoms with van der Waals surface area (Å²) in [5.41, 5.74) is 1.62. The molecule has 0 radical (unpaired) electrons. The summed E-state index contributed by atoms with van der Waals surface area (Å²) in [6, 6.07) is 8.11. The summed E-state index contributed by atoms with van der Waals surface area (Å²) in [7, 11) is 0. The third-order valence-electron chi connectivity index (χ3n) is 3.68. The van der Waals surface area contributed by atoms with E-state index in [0.29, 0.717) is 39.1 Å². The molecule has 0 spiro atoms. The van der Waals surface area contributed by atoms with Gasteiger partial charge < -0.3 is 9.47 Å². The molecule has 1 aliphatic heterocycles. The Morgan fingerprint density at radius 1 is 1.37 bits per heavy atom. The first-order valence-corrected chi connectivity index (χ1v) is 6.97. The van der Waals surface area contributed by atoms with Crippen molar-refractivity contribution in [1.29, 1.82) is 0 Å². The van der Waals surface area contributed by atoms with Crippen LogP contribution in [0.5, 0.6) is 0 Å².